The van der Waals surface area contributed by atoms with E-state index in [1.807, 2.05) is 0 Å². The van der Waals surface area contributed by atoms with Crippen molar-refractivity contribution in [1.82, 2.24) is 0 Å². The van der Waals surface area contributed by atoms with Gasteiger partial charge in [-0.2, -0.15) is 5.26 Å². The standard InChI is InChI=1S/C8H11NO/c1-8(6-9)5-3-2-4-7(8)10/h2-5H2,1H3/t8-/m0/s1. The van der Waals surface area contributed by atoms with Crippen LogP contribution in [0, 0.1) is 16.7 Å². The molecule has 1 rings (SSSR count). The monoisotopic (exact) mass is 137 g/mol. The van der Waals surface area contributed by atoms with Crippen LogP contribution in [0.3, 0.4) is 0 Å². The van der Waals surface area contributed by atoms with Crippen molar-refractivity contribution in [2.45, 2.75) is 32.6 Å². The molecule has 0 heterocycles. The Morgan fingerprint density at radius 1 is 1.60 bits per heavy atom. The van der Waals surface area contributed by atoms with E-state index in [1.54, 1.807) is 6.92 Å². The lowest BCUT2D eigenvalue weighted by Gasteiger charge is -2.23. The van der Waals surface area contributed by atoms with Crippen molar-refractivity contribution in [3.63, 3.8) is 0 Å². The highest BCUT2D eigenvalue weighted by Gasteiger charge is 2.34. The van der Waals surface area contributed by atoms with Gasteiger partial charge in [0.25, 0.3) is 0 Å². The number of nitrogens with zero attached hydrogens (tertiary/aromatic N) is 1. The summed E-state index contributed by atoms with van der Waals surface area (Å²) < 4.78 is 0. The van der Waals surface area contributed by atoms with E-state index >= 15 is 0 Å². The van der Waals surface area contributed by atoms with E-state index in [2.05, 4.69) is 6.07 Å². The van der Waals surface area contributed by atoms with Gasteiger partial charge >= 0.3 is 0 Å². The molecule has 0 aliphatic heterocycles. The lowest BCUT2D eigenvalue weighted by Crippen LogP contribution is -2.29. The third-order valence-electron chi connectivity index (χ3n) is 2.19. The topological polar surface area (TPSA) is 40.9 Å². The predicted octanol–water partition coefficient (Wildman–Crippen LogP) is 1.66. The molecule has 0 amide bonds. The fraction of sp³-hybridized carbons (Fsp3) is 0.750. The second-order valence-electron chi connectivity index (χ2n) is 3.07. The summed E-state index contributed by atoms with van der Waals surface area (Å²) in [5.41, 5.74) is -0.655. The third kappa shape index (κ3) is 1.04. The van der Waals surface area contributed by atoms with Crippen molar-refractivity contribution in [2.75, 3.05) is 0 Å². The molecular weight excluding hydrogens is 126 g/mol. The van der Waals surface area contributed by atoms with E-state index < -0.39 is 5.41 Å². The van der Waals surface area contributed by atoms with Crippen LogP contribution in [0.2, 0.25) is 0 Å². The van der Waals surface area contributed by atoms with Crippen LogP contribution in [0.25, 0.3) is 0 Å². The molecule has 0 aromatic carbocycles. The van der Waals surface area contributed by atoms with Gasteiger partial charge in [0.05, 0.1) is 6.07 Å². The average molecular weight is 137 g/mol. The van der Waals surface area contributed by atoms with Gasteiger partial charge in [0.1, 0.15) is 5.41 Å². The molecule has 1 aliphatic rings. The van der Waals surface area contributed by atoms with Crippen molar-refractivity contribution in [3.05, 3.63) is 0 Å². The van der Waals surface area contributed by atoms with Crippen LogP contribution in [0.4, 0.5) is 0 Å². The molecule has 0 aromatic rings. The summed E-state index contributed by atoms with van der Waals surface area (Å²) in [6.07, 6.45) is 3.35. The molecule has 54 valence electrons. The highest BCUT2D eigenvalue weighted by atomic mass is 16.1. The number of rotatable bonds is 0. The fourth-order valence-corrected chi connectivity index (χ4v) is 1.30. The second-order valence-corrected chi connectivity index (χ2v) is 3.07. The van der Waals surface area contributed by atoms with Crippen LogP contribution in [0.15, 0.2) is 0 Å². The second kappa shape index (κ2) is 2.42. The first-order valence-electron chi connectivity index (χ1n) is 3.63. The molecular formula is C8H11NO. The highest BCUT2D eigenvalue weighted by Crippen LogP contribution is 2.31. The molecule has 0 saturated heterocycles. The summed E-state index contributed by atoms with van der Waals surface area (Å²) >= 11 is 0. The van der Waals surface area contributed by atoms with Crippen LogP contribution < -0.4 is 0 Å². The van der Waals surface area contributed by atoms with Crippen LogP contribution >= 0.6 is 0 Å². The van der Waals surface area contributed by atoms with Gasteiger partial charge < -0.3 is 0 Å². The minimum absolute atomic E-state index is 0.126. The molecule has 2 heteroatoms. The first-order valence-corrected chi connectivity index (χ1v) is 3.63. The molecule has 1 saturated carbocycles. The van der Waals surface area contributed by atoms with Crippen molar-refractivity contribution >= 4 is 5.78 Å². The van der Waals surface area contributed by atoms with Crippen molar-refractivity contribution in [3.8, 4) is 6.07 Å². The van der Waals surface area contributed by atoms with E-state index in [9.17, 15) is 4.79 Å². The number of carbonyl (C=O) groups is 1. The Morgan fingerprint density at radius 3 is 2.70 bits per heavy atom. The molecule has 0 unspecified atom stereocenters. The lowest BCUT2D eigenvalue weighted by atomic mass is 9.76. The molecule has 0 spiro atoms. The molecule has 1 atom stereocenters. The largest absolute Gasteiger partial charge is 0.298 e. The summed E-state index contributed by atoms with van der Waals surface area (Å²) in [6, 6.07) is 2.08. The first kappa shape index (κ1) is 7.27. The zero-order valence-corrected chi connectivity index (χ0v) is 6.18. The molecule has 1 aliphatic carbocycles. The van der Waals surface area contributed by atoms with E-state index in [-0.39, 0.29) is 5.78 Å². The van der Waals surface area contributed by atoms with Crippen LogP contribution in [-0.4, -0.2) is 5.78 Å². The third-order valence-corrected chi connectivity index (χ3v) is 2.19. The Hall–Kier alpha value is -0.840. The molecule has 0 N–H and O–H groups in total. The summed E-state index contributed by atoms with van der Waals surface area (Å²) in [7, 11) is 0. The Kier molecular flexibility index (Phi) is 1.76. The van der Waals surface area contributed by atoms with Gasteiger partial charge in [-0.3, -0.25) is 4.79 Å². The number of carbonyl (C=O) groups excluding carboxylic acids is 1. The summed E-state index contributed by atoms with van der Waals surface area (Å²) in [5.74, 6) is 0.126. The van der Waals surface area contributed by atoms with Gasteiger partial charge in [-0.25, -0.2) is 0 Å². The van der Waals surface area contributed by atoms with Gasteiger partial charge in [0.2, 0.25) is 0 Å². The summed E-state index contributed by atoms with van der Waals surface area (Å²) in [6.45, 7) is 1.74. The van der Waals surface area contributed by atoms with E-state index in [4.69, 9.17) is 5.26 Å². The van der Waals surface area contributed by atoms with Gasteiger partial charge in [-0.1, -0.05) is 6.42 Å². The molecule has 10 heavy (non-hydrogen) atoms. The van der Waals surface area contributed by atoms with Gasteiger partial charge in [-0.05, 0) is 19.8 Å². The predicted molar refractivity (Wildman–Crippen MR) is 37.2 cm³/mol. The average Bonchev–Trinajstić information content (AvgIpc) is 1.96. The summed E-state index contributed by atoms with van der Waals surface area (Å²) in [4.78, 5) is 11.1. The SMILES string of the molecule is C[C@@]1(C#N)CCCCC1=O. The van der Waals surface area contributed by atoms with E-state index in [0.717, 1.165) is 19.3 Å². The van der Waals surface area contributed by atoms with Gasteiger partial charge in [-0.15, -0.1) is 0 Å². The number of hydrogen-bond donors (Lipinski definition) is 0. The zero-order valence-electron chi connectivity index (χ0n) is 6.18. The van der Waals surface area contributed by atoms with Crippen LogP contribution in [0.1, 0.15) is 32.6 Å². The van der Waals surface area contributed by atoms with Gasteiger partial charge in [0, 0.05) is 6.42 Å². The Balaban J connectivity index is 2.75. The van der Waals surface area contributed by atoms with Crippen molar-refractivity contribution < 1.29 is 4.79 Å². The number of ketones is 1. The molecule has 0 bridgehead atoms. The number of nitriles is 1. The Labute approximate surface area is 60.8 Å². The smallest absolute Gasteiger partial charge is 0.152 e. The minimum Gasteiger partial charge on any atom is -0.298 e. The number of hydrogen-bond acceptors (Lipinski definition) is 2. The zero-order chi connectivity index (χ0) is 7.61. The Bertz CT molecular complexity index is 192. The fourth-order valence-electron chi connectivity index (χ4n) is 1.30. The molecule has 2 nitrogen and oxygen atoms in total. The highest BCUT2D eigenvalue weighted by molar-refractivity contribution is 5.87. The first-order chi connectivity index (χ1) is 4.69. The maximum atomic E-state index is 11.1. The molecule has 0 radical (unpaired) electrons. The van der Waals surface area contributed by atoms with E-state index in [0.29, 0.717) is 6.42 Å². The van der Waals surface area contributed by atoms with Crippen molar-refractivity contribution in [1.29, 1.82) is 5.26 Å². The van der Waals surface area contributed by atoms with Crippen LogP contribution in [-0.2, 0) is 4.79 Å². The van der Waals surface area contributed by atoms with Crippen LogP contribution in [0.5, 0.6) is 0 Å². The Morgan fingerprint density at radius 2 is 2.30 bits per heavy atom. The maximum Gasteiger partial charge on any atom is 0.152 e. The summed E-state index contributed by atoms with van der Waals surface area (Å²) in [5, 5.41) is 8.65. The van der Waals surface area contributed by atoms with E-state index in [1.165, 1.54) is 0 Å². The van der Waals surface area contributed by atoms with Gasteiger partial charge in [0.15, 0.2) is 5.78 Å². The quantitative estimate of drug-likeness (QED) is 0.509. The minimum atomic E-state index is -0.655. The maximum absolute atomic E-state index is 11.1. The lowest BCUT2D eigenvalue weighted by molar-refractivity contribution is -0.127. The number of Topliss-reactive ketones (excluding diaryl/α,β-unsaturated/α-hetero) is 1. The van der Waals surface area contributed by atoms with Crippen molar-refractivity contribution in [2.24, 2.45) is 5.41 Å². The molecule has 1 fully saturated rings. The normalized spacial score (nSPS) is 33.4. The molecule has 0 aromatic heterocycles.